The normalized spacial score (nSPS) is 19.4. The molecule has 1 aliphatic rings. The Kier molecular flexibility index (Phi) is 4.58. The molecule has 0 amide bonds. The van der Waals surface area contributed by atoms with E-state index in [9.17, 15) is 22.0 Å². The molecule has 21 heavy (non-hydrogen) atoms. The fourth-order valence-electron chi connectivity index (χ4n) is 2.24. The number of carboxylic acid groups (broad SMARTS) is 1. The molecule has 1 N–H and O–H groups in total. The van der Waals surface area contributed by atoms with Gasteiger partial charge in [-0.2, -0.15) is 0 Å². The number of hydrogen-bond acceptors (Lipinski definition) is 4. The van der Waals surface area contributed by atoms with Gasteiger partial charge in [-0.1, -0.05) is 0 Å². The summed E-state index contributed by atoms with van der Waals surface area (Å²) in [7, 11) is -4.09. The van der Waals surface area contributed by atoms with Gasteiger partial charge in [0.2, 0.25) is 0 Å². The Hall–Kier alpha value is -1.54. The number of halogens is 2. The van der Waals surface area contributed by atoms with E-state index < -0.39 is 49.8 Å². The van der Waals surface area contributed by atoms with Gasteiger partial charge in [0.15, 0.2) is 15.7 Å². The minimum absolute atomic E-state index is 0.437. The predicted octanol–water partition coefficient (Wildman–Crippen LogP) is 2.01. The van der Waals surface area contributed by atoms with E-state index in [0.717, 1.165) is 18.9 Å². The van der Waals surface area contributed by atoms with E-state index in [1.165, 1.54) is 0 Å². The molecule has 0 radical (unpaired) electrons. The zero-order chi connectivity index (χ0) is 15.6. The van der Waals surface area contributed by atoms with Crippen LogP contribution in [-0.2, 0) is 14.6 Å². The summed E-state index contributed by atoms with van der Waals surface area (Å²) in [4.78, 5) is 10.0. The SMILES string of the molecule is O=C(O)c1c(F)ccc(S(=O)(=O)CC2CCCCO2)c1F. The van der Waals surface area contributed by atoms with E-state index in [2.05, 4.69) is 0 Å². The average Bonchev–Trinajstić information content (AvgIpc) is 2.38. The third kappa shape index (κ3) is 3.38. The van der Waals surface area contributed by atoms with Gasteiger partial charge < -0.3 is 9.84 Å². The molecule has 1 fully saturated rings. The van der Waals surface area contributed by atoms with Gasteiger partial charge in [-0.25, -0.2) is 22.0 Å². The zero-order valence-corrected chi connectivity index (χ0v) is 11.8. The highest BCUT2D eigenvalue weighted by Gasteiger charge is 2.30. The Morgan fingerprint density at radius 1 is 1.33 bits per heavy atom. The van der Waals surface area contributed by atoms with Crippen LogP contribution in [0.15, 0.2) is 17.0 Å². The Morgan fingerprint density at radius 2 is 2.05 bits per heavy atom. The quantitative estimate of drug-likeness (QED) is 0.858. The lowest BCUT2D eigenvalue weighted by Gasteiger charge is -2.22. The second-order valence-corrected chi connectivity index (χ2v) is 6.81. The maximum atomic E-state index is 14.0. The molecule has 0 saturated carbocycles. The molecule has 0 aliphatic carbocycles. The minimum atomic E-state index is -4.09. The topological polar surface area (TPSA) is 80.7 Å². The molecule has 1 atom stereocenters. The van der Waals surface area contributed by atoms with Crippen LogP contribution in [0, 0.1) is 11.6 Å². The van der Waals surface area contributed by atoms with Crippen molar-refractivity contribution in [3.8, 4) is 0 Å². The van der Waals surface area contributed by atoms with Gasteiger partial charge in [-0.15, -0.1) is 0 Å². The van der Waals surface area contributed by atoms with Crippen molar-refractivity contribution in [3.63, 3.8) is 0 Å². The highest BCUT2D eigenvalue weighted by atomic mass is 32.2. The third-order valence-electron chi connectivity index (χ3n) is 3.28. The second kappa shape index (κ2) is 6.07. The summed E-state index contributed by atoms with van der Waals surface area (Å²) < 4.78 is 56.9. The molecular formula is C13H14F2O5S. The first-order chi connectivity index (χ1) is 9.83. The lowest BCUT2D eigenvalue weighted by atomic mass is 10.1. The number of sulfone groups is 1. The lowest BCUT2D eigenvalue weighted by Crippen LogP contribution is -2.28. The summed E-state index contributed by atoms with van der Waals surface area (Å²) in [6, 6.07) is 1.39. The van der Waals surface area contributed by atoms with Crippen molar-refractivity contribution in [2.24, 2.45) is 0 Å². The molecular weight excluding hydrogens is 306 g/mol. The smallest absolute Gasteiger partial charge is 0.341 e. The van der Waals surface area contributed by atoms with Crippen molar-refractivity contribution in [1.82, 2.24) is 0 Å². The first kappa shape index (κ1) is 15.8. The maximum Gasteiger partial charge on any atom is 0.341 e. The van der Waals surface area contributed by atoms with E-state index in [4.69, 9.17) is 9.84 Å². The molecule has 0 spiro atoms. The van der Waals surface area contributed by atoms with Crippen molar-refractivity contribution in [1.29, 1.82) is 0 Å². The Labute approximate surface area is 120 Å². The van der Waals surface area contributed by atoms with Crippen molar-refractivity contribution in [3.05, 3.63) is 29.3 Å². The highest BCUT2D eigenvalue weighted by Crippen LogP contribution is 2.24. The van der Waals surface area contributed by atoms with Crippen LogP contribution < -0.4 is 0 Å². The fraction of sp³-hybridized carbons (Fsp3) is 0.462. The van der Waals surface area contributed by atoms with E-state index in [0.29, 0.717) is 19.1 Å². The van der Waals surface area contributed by atoms with Crippen LogP contribution >= 0.6 is 0 Å². The fourth-order valence-corrected chi connectivity index (χ4v) is 3.83. The van der Waals surface area contributed by atoms with Crippen LogP contribution in [-0.4, -0.2) is 38.0 Å². The minimum Gasteiger partial charge on any atom is -0.477 e. The average molecular weight is 320 g/mol. The molecule has 116 valence electrons. The lowest BCUT2D eigenvalue weighted by molar-refractivity contribution is 0.0305. The third-order valence-corrected chi connectivity index (χ3v) is 5.08. The van der Waals surface area contributed by atoms with Gasteiger partial charge >= 0.3 is 5.97 Å². The van der Waals surface area contributed by atoms with Crippen LogP contribution in [0.5, 0.6) is 0 Å². The molecule has 0 bridgehead atoms. The van der Waals surface area contributed by atoms with Crippen molar-refractivity contribution in [2.45, 2.75) is 30.3 Å². The van der Waals surface area contributed by atoms with E-state index in [-0.39, 0.29) is 0 Å². The zero-order valence-electron chi connectivity index (χ0n) is 11.0. The molecule has 5 nitrogen and oxygen atoms in total. The van der Waals surface area contributed by atoms with Crippen LogP contribution in [0.4, 0.5) is 8.78 Å². The summed E-state index contributed by atoms with van der Waals surface area (Å²) in [6.07, 6.45) is 1.63. The second-order valence-electron chi connectivity index (χ2n) is 4.81. The van der Waals surface area contributed by atoms with Gasteiger partial charge in [-0.05, 0) is 31.4 Å². The molecule has 1 heterocycles. The van der Waals surface area contributed by atoms with Crippen LogP contribution in [0.3, 0.4) is 0 Å². The van der Waals surface area contributed by atoms with Gasteiger partial charge in [-0.3, -0.25) is 0 Å². The molecule has 8 heteroatoms. The largest absolute Gasteiger partial charge is 0.477 e. The standard InChI is InChI=1S/C13H14F2O5S/c14-9-4-5-10(12(15)11(9)13(16)17)21(18,19)7-8-3-1-2-6-20-8/h4-5,8H,1-3,6-7H2,(H,16,17). The Bertz CT molecular complexity index is 651. The number of benzene rings is 1. The summed E-state index contributed by atoms with van der Waals surface area (Å²) in [5, 5.41) is 8.76. The van der Waals surface area contributed by atoms with Crippen molar-refractivity contribution >= 4 is 15.8 Å². The first-order valence-electron chi connectivity index (χ1n) is 6.38. The number of aromatic carboxylic acids is 1. The van der Waals surface area contributed by atoms with Crippen molar-refractivity contribution < 1.29 is 31.8 Å². The van der Waals surface area contributed by atoms with Gasteiger partial charge in [0.1, 0.15) is 16.3 Å². The first-order valence-corrected chi connectivity index (χ1v) is 8.04. The number of ether oxygens (including phenoxy) is 1. The molecule has 1 aliphatic heterocycles. The highest BCUT2D eigenvalue weighted by molar-refractivity contribution is 7.91. The number of carbonyl (C=O) groups is 1. The van der Waals surface area contributed by atoms with Crippen LogP contribution in [0.1, 0.15) is 29.6 Å². The Morgan fingerprint density at radius 3 is 2.62 bits per heavy atom. The van der Waals surface area contributed by atoms with Gasteiger partial charge in [0.05, 0.1) is 11.9 Å². The maximum absolute atomic E-state index is 14.0. The molecule has 2 rings (SSSR count). The van der Waals surface area contributed by atoms with Gasteiger partial charge in [0.25, 0.3) is 0 Å². The van der Waals surface area contributed by atoms with Gasteiger partial charge in [0, 0.05) is 6.61 Å². The van der Waals surface area contributed by atoms with E-state index >= 15 is 0 Å². The number of carboxylic acids is 1. The summed E-state index contributed by atoms with van der Waals surface area (Å²) in [6.45, 7) is 0.437. The predicted molar refractivity (Wildman–Crippen MR) is 69.0 cm³/mol. The molecule has 0 aromatic heterocycles. The van der Waals surface area contributed by atoms with Crippen LogP contribution in [0.25, 0.3) is 0 Å². The molecule has 1 saturated heterocycles. The molecule has 1 aromatic rings. The van der Waals surface area contributed by atoms with E-state index in [1.54, 1.807) is 0 Å². The summed E-state index contributed by atoms with van der Waals surface area (Å²) >= 11 is 0. The molecule has 1 aromatic carbocycles. The van der Waals surface area contributed by atoms with E-state index in [1.807, 2.05) is 0 Å². The number of hydrogen-bond donors (Lipinski definition) is 1. The molecule has 1 unspecified atom stereocenters. The van der Waals surface area contributed by atoms with Crippen LogP contribution in [0.2, 0.25) is 0 Å². The van der Waals surface area contributed by atoms with Crippen molar-refractivity contribution in [2.75, 3.05) is 12.4 Å². The summed E-state index contributed by atoms with van der Waals surface area (Å²) in [5.74, 6) is -5.18. The number of rotatable bonds is 4. The Balaban J connectivity index is 2.36. The summed E-state index contributed by atoms with van der Waals surface area (Å²) in [5.41, 5.74) is -1.26. The monoisotopic (exact) mass is 320 g/mol.